The Labute approximate surface area is 112 Å². The smallest absolute Gasteiger partial charge is 0.334 e. The number of hydrogen-bond donors (Lipinski definition) is 0. The minimum Gasteiger partial charge on any atom is -0.463 e. The maximum absolute atomic E-state index is 13.3. The van der Waals surface area contributed by atoms with Gasteiger partial charge in [-0.05, 0) is 19.1 Å². The van der Waals surface area contributed by atoms with Crippen molar-refractivity contribution < 1.29 is 23.0 Å². The van der Waals surface area contributed by atoms with Crippen LogP contribution in [0.25, 0.3) is 0 Å². The fourth-order valence-electron chi connectivity index (χ4n) is 1.12. The van der Waals surface area contributed by atoms with E-state index in [0.717, 1.165) is 18.2 Å². The Morgan fingerprint density at radius 3 is 2.50 bits per heavy atom. The lowest BCUT2D eigenvalue weighted by Crippen LogP contribution is -2.06. The zero-order valence-corrected chi connectivity index (χ0v) is 11.2. The summed E-state index contributed by atoms with van der Waals surface area (Å²) in [7, 11) is 0. The average Bonchev–Trinajstić information content (AvgIpc) is 2.33. The maximum Gasteiger partial charge on any atom is 0.334 e. The molecule has 0 saturated carbocycles. The molecule has 0 aliphatic heterocycles. The van der Waals surface area contributed by atoms with Crippen molar-refractivity contribution in [3.8, 4) is 5.75 Å². The summed E-state index contributed by atoms with van der Waals surface area (Å²) >= 11 is 3.06. The largest absolute Gasteiger partial charge is 0.463 e. The number of para-hydroxylation sites is 1. The highest BCUT2D eigenvalue weighted by Gasteiger charge is 2.12. The molecule has 0 aliphatic carbocycles. The molecule has 18 heavy (non-hydrogen) atoms. The summed E-state index contributed by atoms with van der Waals surface area (Å²) < 4.78 is 36.3. The summed E-state index contributed by atoms with van der Waals surface area (Å²) in [6.45, 7) is 1.86. The van der Waals surface area contributed by atoms with E-state index in [9.17, 15) is 13.6 Å². The topological polar surface area (TPSA) is 35.5 Å². The summed E-state index contributed by atoms with van der Waals surface area (Å²) in [5.41, 5.74) is 0. The van der Waals surface area contributed by atoms with Gasteiger partial charge in [0.15, 0.2) is 17.4 Å². The fourth-order valence-corrected chi connectivity index (χ4v) is 1.40. The molecule has 1 rings (SSSR count). The predicted molar refractivity (Wildman–Crippen MR) is 65.5 cm³/mol. The Balaban J connectivity index is 2.89. The van der Waals surface area contributed by atoms with Gasteiger partial charge in [-0.2, -0.15) is 0 Å². The van der Waals surface area contributed by atoms with Gasteiger partial charge in [0, 0.05) is 0 Å². The van der Waals surface area contributed by atoms with Crippen molar-refractivity contribution in [2.24, 2.45) is 0 Å². The van der Waals surface area contributed by atoms with Crippen molar-refractivity contribution in [3.63, 3.8) is 0 Å². The first-order valence-electron chi connectivity index (χ1n) is 5.13. The van der Waals surface area contributed by atoms with E-state index in [4.69, 9.17) is 4.74 Å². The van der Waals surface area contributed by atoms with Gasteiger partial charge in [0.25, 0.3) is 0 Å². The van der Waals surface area contributed by atoms with E-state index in [1.807, 2.05) is 0 Å². The zero-order chi connectivity index (χ0) is 13.5. The van der Waals surface area contributed by atoms with Crippen LogP contribution in [0, 0.1) is 11.6 Å². The highest BCUT2D eigenvalue weighted by Crippen LogP contribution is 2.23. The van der Waals surface area contributed by atoms with Gasteiger partial charge in [0.1, 0.15) is 5.76 Å². The number of esters is 1. The van der Waals surface area contributed by atoms with Gasteiger partial charge >= 0.3 is 5.97 Å². The normalized spacial score (nSPS) is 11.2. The third-order valence-electron chi connectivity index (χ3n) is 1.85. The number of rotatable bonds is 5. The number of benzene rings is 1. The first kappa shape index (κ1) is 14.6. The van der Waals surface area contributed by atoms with Crippen molar-refractivity contribution in [2.75, 3.05) is 11.9 Å². The van der Waals surface area contributed by atoms with Crippen LogP contribution >= 0.6 is 15.9 Å². The third-order valence-corrected chi connectivity index (χ3v) is 2.40. The number of carbonyl (C=O) groups excluding carboxylic acids is 1. The molecule has 0 N–H and O–H groups in total. The minimum absolute atomic E-state index is 0.0532. The number of ether oxygens (including phenoxy) is 2. The molecule has 0 amide bonds. The monoisotopic (exact) mass is 320 g/mol. The third kappa shape index (κ3) is 4.10. The SMILES string of the molecule is CCOC(=O)/C=C(\CBr)Oc1c(F)cccc1F. The molecule has 0 atom stereocenters. The second-order valence-electron chi connectivity index (χ2n) is 3.15. The van der Waals surface area contributed by atoms with Gasteiger partial charge < -0.3 is 9.47 Å². The molecular weight excluding hydrogens is 310 g/mol. The lowest BCUT2D eigenvalue weighted by atomic mass is 10.3. The molecule has 0 fully saturated rings. The summed E-state index contributed by atoms with van der Waals surface area (Å²) in [6.07, 6.45) is 1.03. The van der Waals surface area contributed by atoms with Crippen LogP contribution in [0.3, 0.4) is 0 Å². The molecule has 0 saturated heterocycles. The van der Waals surface area contributed by atoms with Crippen molar-refractivity contribution in [3.05, 3.63) is 41.7 Å². The maximum atomic E-state index is 13.3. The number of hydrogen-bond acceptors (Lipinski definition) is 3. The molecule has 0 heterocycles. The van der Waals surface area contributed by atoms with Crippen LogP contribution < -0.4 is 4.74 Å². The molecule has 0 aromatic heterocycles. The van der Waals surface area contributed by atoms with E-state index >= 15 is 0 Å². The molecule has 0 bridgehead atoms. The summed E-state index contributed by atoms with van der Waals surface area (Å²) in [5, 5.41) is 0.125. The van der Waals surface area contributed by atoms with Crippen LogP contribution in [0.15, 0.2) is 30.0 Å². The summed E-state index contributed by atoms with van der Waals surface area (Å²) in [5.74, 6) is -2.81. The van der Waals surface area contributed by atoms with Crippen LogP contribution in [0.2, 0.25) is 0 Å². The van der Waals surface area contributed by atoms with Crippen molar-refractivity contribution >= 4 is 21.9 Å². The lowest BCUT2D eigenvalue weighted by molar-refractivity contribution is -0.137. The van der Waals surface area contributed by atoms with Gasteiger partial charge in [-0.25, -0.2) is 13.6 Å². The Hall–Kier alpha value is -1.43. The van der Waals surface area contributed by atoms with Crippen molar-refractivity contribution in [1.82, 2.24) is 0 Å². The molecule has 6 heteroatoms. The van der Waals surface area contributed by atoms with E-state index in [1.54, 1.807) is 6.92 Å². The molecule has 0 unspecified atom stereocenters. The van der Waals surface area contributed by atoms with Crippen LogP contribution in [0.4, 0.5) is 8.78 Å². The first-order chi connectivity index (χ1) is 8.58. The average molecular weight is 321 g/mol. The second-order valence-corrected chi connectivity index (χ2v) is 3.71. The highest BCUT2D eigenvalue weighted by molar-refractivity contribution is 9.09. The predicted octanol–water partition coefficient (Wildman–Crippen LogP) is 3.19. The molecule has 98 valence electrons. The number of alkyl halides is 1. The molecule has 1 aromatic rings. The fraction of sp³-hybridized carbons (Fsp3) is 0.250. The quantitative estimate of drug-likeness (QED) is 0.362. The van der Waals surface area contributed by atoms with Crippen LogP contribution in [0.1, 0.15) is 6.92 Å². The molecule has 0 radical (unpaired) electrons. The van der Waals surface area contributed by atoms with E-state index in [-0.39, 0.29) is 17.7 Å². The Kier molecular flexibility index (Phi) is 5.77. The molecule has 3 nitrogen and oxygen atoms in total. The molecule has 1 aromatic carbocycles. The Morgan fingerprint density at radius 1 is 1.39 bits per heavy atom. The van der Waals surface area contributed by atoms with Gasteiger partial charge in [0.05, 0.1) is 18.0 Å². The van der Waals surface area contributed by atoms with Gasteiger partial charge in [-0.1, -0.05) is 22.0 Å². The highest BCUT2D eigenvalue weighted by atomic mass is 79.9. The van der Waals surface area contributed by atoms with Crippen LogP contribution in [-0.4, -0.2) is 17.9 Å². The minimum atomic E-state index is -0.842. The van der Waals surface area contributed by atoms with E-state index in [1.165, 1.54) is 6.07 Å². The first-order valence-corrected chi connectivity index (χ1v) is 6.25. The van der Waals surface area contributed by atoms with Crippen LogP contribution in [-0.2, 0) is 9.53 Å². The number of allylic oxidation sites excluding steroid dienone is 1. The second kappa shape index (κ2) is 7.10. The molecule has 0 aliphatic rings. The number of carbonyl (C=O) groups is 1. The van der Waals surface area contributed by atoms with E-state index < -0.39 is 23.4 Å². The zero-order valence-electron chi connectivity index (χ0n) is 9.58. The van der Waals surface area contributed by atoms with E-state index in [2.05, 4.69) is 20.7 Å². The lowest BCUT2D eigenvalue weighted by Gasteiger charge is -2.09. The summed E-state index contributed by atoms with van der Waals surface area (Å²) in [4.78, 5) is 11.2. The van der Waals surface area contributed by atoms with Crippen LogP contribution in [0.5, 0.6) is 5.75 Å². The van der Waals surface area contributed by atoms with Crippen molar-refractivity contribution in [2.45, 2.75) is 6.92 Å². The van der Waals surface area contributed by atoms with Gasteiger partial charge in [-0.3, -0.25) is 0 Å². The van der Waals surface area contributed by atoms with Crippen molar-refractivity contribution in [1.29, 1.82) is 0 Å². The van der Waals surface area contributed by atoms with Gasteiger partial charge in [0.2, 0.25) is 0 Å². The number of halogens is 3. The Bertz CT molecular complexity index is 440. The Morgan fingerprint density at radius 2 is 2.00 bits per heavy atom. The summed E-state index contributed by atoms with van der Waals surface area (Å²) in [6, 6.07) is 3.35. The standard InChI is InChI=1S/C12H11BrF2O3/c1-2-17-11(16)6-8(7-13)18-12-9(14)4-3-5-10(12)15/h3-6H,2,7H2,1H3/b8-6+. The van der Waals surface area contributed by atoms with Gasteiger partial charge in [-0.15, -0.1) is 0 Å². The molecule has 0 spiro atoms. The van der Waals surface area contributed by atoms with E-state index in [0.29, 0.717) is 0 Å². The molecular formula is C12H11BrF2O3.